The van der Waals surface area contributed by atoms with Gasteiger partial charge in [0.1, 0.15) is 41.2 Å². The van der Waals surface area contributed by atoms with E-state index in [1.165, 1.54) is 6.07 Å². The van der Waals surface area contributed by atoms with Crippen LogP contribution in [-0.2, 0) is 30.3 Å². The first-order valence-corrected chi connectivity index (χ1v) is 22.6. The predicted molar refractivity (Wildman–Crippen MR) is 240 cm³/mol. The van der Waals surface area contributed by atoms with Crippen LogP contribution in [0.15, 0.2) is 40.9 Å². The molecule has 18 nitrogen and oxygen atoms in total. The zero-order chi connectivity index (χ0) is 46.1. The van der Waals surface area contributed by atoms with Crippen molar-refractivity contribution in [3.05, 3.63) is 76.1 Å². The molecule has 1 aliphatic heterocycles. The molecule has 4 aromatic heterocycles. The number of anilines is 2. The molecule has 344 valence electrons. The molecule has 9 rings (SSSR count). The number of ketones is 3. The van der Waals surface area contributed by atoms with Crippen LogP contribution in [0.4, 0.5) is 11.6 Å². The van der Waals surface area contributed by atoms with Gasteiger partial charge in [-0.1, -0.05) is 11.2 Å². The van der Waals surface area contributed by atoms with E-state index in [1.807, 2.05) is 25.5 Å². The summed E-state index contributed by atoms with van der Waals surface area (Å²) in [6, 6.07) is 10.1. The van der Waals surface area contributed by atoms with Gasteiger partial charge in [0.2, 0.25) is 0 Å². The van der Waals surface area contributed by atoms with E-state index in [1.54, 1.807) is 12.1 Å². The largest absolute Gasteiger partial charge is 0.490 e. The standard InChI is InChI=1S/C48H52N8O10/c1-5-55-40(25-34(53-55)29-11-12-29)50-46-43-33-22-26(2)32(41-27(3)54-66-28(41)4)24-35(33)49-45(43)51-44(52-46)37(58)9-7-15-62-16-17-63-18-19-64-20-21-65-39-10-6-8-31-42(39)48(61)56(47(31)60)36-14-13-30(57)23-38(36)59/h6,8,10,22,24-25,29,36H,5,7,9,11-21,23H2,1-4H3,(H2,49,50,51,52). The number of Topliss-reactive ketones (excluding diaryl/α,β-unsaturated/α-hetero) is 3. The lowest BCUT2D eigenvalue weighted by Gasteiger charge is -2.27. The fraction of sp³-hybridized carbons (Fsp3) is 0.438. The SMILES string of the molecule is CCn1nc(C2CC2)cc1Nc1nc(C(=O)CCCOCCOCCOCCOc2cccc3c2C(=O)N(C2CCC(=O)CC2=O)C3=O)nc2[nH]c3cc(-c4c(C)noc4C)c(C)cc3c12. The third kappa shape index (κ3) is 8.99. The molecule has 2 aromatic carbocycles. The fourth-order valence-electron chi connectivity index (χ4n) is 8.79. The first-order chi connectivity index (χ1) is 32.0. The van der Waals surface area contributed by atoms with Crippen LogP contribution in [0, 0.1) is 20.8 Å². The molecule has 1 atom stereocenters. The summed E-state index contributed by atoms with van der Waals surface area (Å²) in [5.41, 5.74) is 6.53. The minimum atomic E-state index is -0.948. The molecule has 2 saturated carbocycles. The average molecular weight is 901 g/mol. The molecular weight excluding hydrogens is 849 g/mol. The Hall–Kier alpha value is -6.63. The van der Waals surface area contributed by atoms with Crippen LogP contribution in [0.3, 0.4) is 0 Å². The van der Waals surface area contributed by atoms with Crippen LogP contribution < -0.4 is 10.1 Å². The van der Waals surface area contributed by atoms with Crippen molar-refractivity contribution in [2.24, 2.45) is 0 Å². The summed E-state index contributed by atoms with van der Waals surface area (Å²) in [5.74, 6) is 0.900. The van der Waals surface area contributed by atoms with Crippen molar-refractivity contribution in [1.82, 2.24) is 34.8 Å². The summed E-state index contributed by atoms with van der Waals surface area (Å²) in [7, 11) is 0. The number of nitrogens with zero attached hydrogens (tertiary/aromatic N) is 6. The van der Waals surface area contributed by atoms with Gasteiger partial charge in [0.15, 0.2) is 17.4 Å². The van der Waals surface area contributed by atoms with Gasteiger partial charge in [-0.2, -0.15) is 5.10 Å². The highest BCUT2D eigenvalue weighted by molar-refractivity contribution is 6.25. The summed E-state index contributed by atoms with van der Waals surface area (Å²) in [6.07, 6.45) is 2.92. The van der Waals surface area contributed by atoms with E-state index in [9.17, 15) is 24.0 Å². The van der Waals surface area contributed by atoms with E-state index in [-0.39, 0.29) is 73.2 Å². The summed E-state index contributed by atoms with van der Waals surface area (Å²) >= 11 is 0. The van der Waals surface area contributed by atoms with E-state index in [4.69, 9.17) is 38.5 Å². The Balaban J connectivity index is 0.741. The van der Waals surface area contributed by atoms with E-state index in [2.05, 4.69) is 40.6 Å². The third-order valence-electron chi connectivity index (χ3n) is 12.3. The number of hydrogen-bond donors (Lipinski definition) is 2. The molecule has 18 heteroatoms. The highest BCUT2D eigenvalue weighted by Gasteiger charge is 2.45. The minimum absolute atomic E-state index is 0.105. The third-order valence-corrected chi connectivity index (χ3v) is 12.3. The maximum Gasteiger partial charge on any atom is 0.266 e. The van der Waals surface area contributed by atoms with Gasteiger partial charge in [0.25, 0.3) is 11.8 Å². The maximum absolute atomic E-state index is 13.6. The van der Waals surface area contributed by atoms with Crippen molar-refractivity contribution in [1.29, 1.82) is 0 Å². The number of imide groups is 1. The van der Waals surface area contributed by atoms with Crippen LogP contribution >= 0.6 is 0 Å². The number of benzene rings is 2. The van der Waals surface area contributed by atoms with Crippen molar-refractivity contribution in [2.75, 3.05) is 51.6 Å². The van der Waals surface area contributed by atoms with Gasteiger partial charge >= 0.3 is 0 Å². The van der Waals surface area contributed by atoms with Crippen molar-refractivity contribution in [3.63, 3.8) is 0 Å². The number of fused-ring (bicyclic) bond motifs is 4. The lowest BCUT2D eigenvalue weighted by Crippen LogP contribution is -2.47. The Bertz CT molecular complexity index is 2850. The number of H-pyrrole nitrogens is 1. The first kappa shape index (κ1) is 44.6. The smallest absolute Gasteiger partial charge is 0.266 e. The quantitative estimate of drug-likeness (QED) is 0.0324. The summed E-state index contributed by atoms with van der Waals surface area (Å²) < 4.78 is 30.2. The Labute approximate surface area is 379 Å². The molecule has 1 unspecified atom stereocenters. The molecular formula is C48H52N8O10. The second-order valence-electron chi connectivity index (χ2n) is 16.9. The number of nitrogens with one attached hydrogen (secondary N) is 2. The first-order valence-electron chi connectivity index (χ1n) is 22.6. The highest BCUT2D eigenvalue weighted by Crippen LogP contribution is 2.42. The van der Waals surface area contributed by atoms with Crippen LogP contribution in [0.2, 0.25) is 0 Å². The molecule has 6 aromatic rings. The normalized spacial score (nSPS) is 16.3. The van der Waals surface area contributed by atoms with Gasteiger partial charge < -0.3 is 33.8 Å². The molecule has 2 amide bonds. The van der Waals surface area contributed by atoms with E-state index in [0.29, 0.717) is 63.4 Å². The summed E-state index contributed by atoms with van der Waals surface area (Å²) in [6.45, 7) is 10.5. The minimum Gasteiger partial charge on any atom is -0.490 e. The van der Waals surface area contributed by atoms with Gasteiger partial charge in [0, 0.05) is 54.4 Å². The fourth-order valence-corrected chi connectivity index (χ4v) is 8.79. The predicted octanol–water partition coefficient (Wildman–Crippen LogP) is 6.91. The Morgan fingerprint density at radius 3 is 2.35 bits per heavy atom. The van der Waals surface area contributed by atoms with Crippen molar-refractivity contribution < 1.29 is 47.4 Å². The number of ether oxygens (including phenoxy) is 4. The number of amides is 2. The van der Waals surface area contributed by atoms with Gasteiger partial charge in [-0.15, -0.1) is 0 Å². The summed E-state index contributed by atoms with van der Waals surface area (Å²) in [4.78, 5) is 78.2. The number of aromatic nitrogens is 6. The lowest BCUT2D eigenvalue weighted by atomic mass is 9.92. The van der Waals surface area contributed by atoms with Crippen molar-refractivity contribution in [2.45, 2.75) is 91.1 Å². The monoisotopic (exact) mass is 900 g/mol. The van der Waals surface area contributed by atoms with Crippen molar-refractivity contribution >= 4 is 62.7 Å². The second-order valence-corrected chi connectivity index (χ2v) is 16.9. The average Bonchev–Trinajstić information content (AvgIpc) is 3.75. The zero-order valence-electron chi connectivity index (χ0n) is 37.5. The molecule has 0 saturated heterocycles. The van der Waals surface area contributed by atoms with Crippen LogP contribution in [0.1, 0.15) is 112 Å². The Morgan fingerprint density at radius 1 is 0.879 bits per heavy atom. The van der Waals surface area contributed by atoms with Gasteiger partial charge in [-0.05, 0) is 88.8 Å². The van der Waals surface area contributed by atoms with Crippen LogP contribution in [0.5, 0.6) is 5.75 Å². The number of carbonyl (C=O) groups is 5. The van der Waals surface area contributed by atoms with Gasteiger partial charge in [0.05, 0.1) is 73.4 Å². The van der Waals surface area contributed by atoms with E-state index >= 15 is 0 Å². The van der Waals surface area contributed by atoms with Crippen molar-refractivity contribution in [3.8, 4) is 16.9 Å². The molecule has 3 aliphatic rings. The number of hydrogen-bond acceptors (Lipinski definition) is 15. The molecule has 0 spiro atoms. The van der Waals surface area contributed by atoms with Gasteiger partial charge in [-0.3, -0.25) is 28.9 Å². The Morgan fingerprint density at radius 2 is 1.64 bits per heavy atom. The highest BCUT2D eigenvalue weighted by atomic mass is 16.6. The molecule has 66 heavy (non-hydrogen) atoms. The number of rotatable bonds is 21. The molecule has 2 fully saturated rings. The second kappa shape index (κ2) is 19.1. The summed E-state index contributed by atoms with van der Waals surface area (Å²) in [5, 5.41) is 14.2. The van der Waals surface area contributed by atoms with E-state index < -0.39 is 23.6 Å². The van der Waals surface area contributed by atoms with E-state index in [0.717, 1.165) is 73.7 Å². The molecule has 2 aliphatic carbocycles. The Kier molecular flexibility index (Phi) is 12.9. The molecule has 0 bridgehead atoms. The molecule has 2 N–H and O–H groups in total. The zero-order valence-corrected chi connectivity index (χ0v) is 37.5. The number of carbonyl (C=O) groups excluding carboxylic acids is 5. The van der Waals surface area contributed by atoms with Gasteiger partial charge in [-0.25, -0.2) is 14.6 Å². The number of aryl methyl sites for hydroxylation is 4. The van der Waals surface area contributed by atoms with Crippen LogP contribution in [0.25, 0.3) is 33.1 Å². The maximum atomic E-state index is 13.6. The topological polar surface area (TPSA) is 223 Å². The molecule has 5 heterocycles. The lowest BCUT2D eigenvalue weighted by molar-refractivity contribution is -0.132. The molecule has 0 radical (unpaired) electrons. The van der Waals surface area contributed by atoms with Crippen LogP contribution in [-0.4, -0.2) is 116 Å². The number of aromatic amines is 1.